The number of rotatable bonds is 8. The minimum Gasteiger partial charge on any atom is -0.475 e. The maximum atomic E-state index is 12.3. The number of hydrogen-bond donors (Lipinski definition) is 4. The second kappa shape index (κ2) is 12.8. The maximum Gasteiger partial charge on any atom is 0.490 e. The van der Waals surface area contributed by atoms with Gasteiger partial charge in [0.25, 0.3) is 5.91 Å². The highest BCUT2D eigenvalue weighted by Crippen LogP contribution is 2.13. The number of nitrogens with zero attached hydrogens (tertiary/aromatic N) is 1. The summed E-state index contributed by atoms with van der Waals surface area (Å²) in [6.07, 6.45) is -4.82. The smallest absolute Gasteiger partial charge is 0.475 e. The van der Waals surface area contributed by atoms with Gasteiger partial charge in [-0.05, 0) is 23.3 Å². The number of carbonyl (C=O) groups excluding carboxylic acids is 2. The first kappa shape index (κ1) is 27.1. The van der Waals surface area contributed by atoms with E-state index in [1.54, 1.807) is 54.6 Å². The van der Waals surface area contributed by atoms with Crippen molar-refractivity contribution in [3.05, 3.63) is 71.3 Å². The Hall–Kier alpha value is -3.96. The average Bonchev–Trinajstić information content (AvgIpc) is 2.78. The van der Waals surface area contributed by atoms with Crippen molar-refractivity contribution in [1.29, 1.82) is 0 Å². The van der Waals surface area contributed by atoms with Crippen LogP contribution < -0.4 is 16.8 Å². The quantitative estimate of drug-likeness (QED) is 0.265. The first-order valence-electron chi connectivity index (χ1n) is 9.32. The molecule has 0 fully saturated rings. The van der Waals surface area contributed by atoms with Crippen LogP contribution in [0.2, 0.25) is 0 Å². The van der Waals surface area contributed by atoms with Crippen molar-refractivity contribution >= 4 is 23.6 Å². The predicted molar refractivity (Wildman–Crippen MR) is 112 cm³/mol. The van der Waals surface area contributed by atoms with Gasteiger partial charge in [-0.3, -0.25) is 14.6 Å². The minimum atomic E-state index is -5.08. The number of nitrogens with one attached hydrogen (secondary N) is 1. The van der Waals surface area contributed by atoms with Gasteiger partial charge in [-0.2, -0.15) is 13.2 Å². The van der Waals surface area contributed by atoms with Crippen LogP contribution in [0.5, 0.6) is 0 Å². The Morgan fingerprint density at radius 3 is 1.94 bits per heavy atom. The first-order chi connectivity index (χ1) is 15.4. The molecule has 33 heavy (non-hydrogen) atoms. The molecule has 2 rings (SSSR count). The molecule has 2 aromatic rings. The fourth-order valence-corrected chi connectivity index (χ4v) is 2.31. The summed E-state index contributed by atoms with van der Waals surface area (Å²) >= 11 is 0. The van der Waals surface area contributed by atoms with Gasteiger partial charge in [0.1, 0.15) is 18.6 Å². The van der Waals surface area contributed by atoms with E-state index in [-0.39, 0.29) is 24.7 Å². The van der Waals surface area contributed by atoms with Crippen LogP contribution in [0, 0.1) is 0 Å². The molecule has 2 amide bonds. The molecule has 1 atom stereocenters. The Morgan fingerprint density at radius 2 is 1.48 bits per heavy atom. The Kier molecular flexibility index (Phi) is 10.5. The van der Waals surface area contributed by atoms with E-state index in [9.17, 15) is 27.2 Å². The molecule has 0 aliphatic rings. The van der Waals surface area contributed by atoms with Crippen molar-refractivity contribution in [2.24, 2.45) is 16.5 Å². The highest BCUT2D eigenvalue weighted by atomic mass is 19.4. The minimum absolute atomic E-state index is 0.0495. The number of hydrogen-bond acceptors (Lipinski definition) is 4. The molecular weight excluding hydrogens is 448 g/mol. The van der Waals surface area contributed by atoms with Crippen molar-refractivity contribution in [2.75, 3.05) is 6.67 Å². The van der Waals surface area contributed by atoms with E-state index in [1.807, 2.05) is 0 Å². The monoisotopic (exact) mass is 470 g/mol. The molecule has 0 unspecified atom stereocenters. The van der Waals surface area contributed by atoms with Gasteiger partial charge in [0.2, 0.25) is 5.91 Å². The molecule has 0 bridgehead atoms. The summed E-state index contributed by atoms with van der Waals surface area (Å²) in [6, 6.07) is 15.0. The maximum absolute atomic E-state index is 12.3. The third-order valence-electron chi connectivity index (χ3n) is 3.99. The van der Waals surface area contributed by atoms with Crippen molar-refractivity contribution in [3.8, 4) is 0 Å². The standard InChI is InChI=1S/C19H21FN4O2.C2HF3O2/c20-11-17(21)23-12-14-8-6-13(7-9-14)10-16(18(22)25)24-19(26)15-4-2-1-3-5-15;3-2(4,5)1(6)7/h1-9,16H,10-12H2,(H2,21,23)(H2,22,25)(H,24,26);(H,6,7)/t16-;/m0./s1. The number of aliphatic imine (C=N–C) groups is 1. The van der Waals surface area contributed by atoms with Gasteiger partial charge in [0.15, 0.2) is 0 Å². The van der Waals surface area contributed by atoms with Crippen LogP contribution in [-0.4, -0.2) is 47.6 Å². The van der Waals surface area contributed by atoms with Crippen LogP contribution >= 0.6 is 0 Å². The third-order valence-corrected chi connectivity index (χ3v) is 3.99. The highest BCUT2D eigenvalue weighted by molar-refractivity contribution is 5.97. The Morgan fingerprint density at radius 1 is 0.970 bits per heavy atom. The summed E-state index contributed by atoms with van der Waals surface area (Å²) in [6.45, 7) is -0.500. The number of aliphatic carboxylic acids is 1. The zero-order valence-corrected chi connectivity index (χ0v) is 17.2. The van der Waals surface area contributed by atoms with Crippen LogP contribution in [0.4, 0.5) is 17.6 Å². The molecule has 0 aliphatic carbocycles. The van der Waals surface area contributed by atoms with E-state index >= 15 is 0 Å². The topological polar surface area (TPSA) is 148 Å². The first-order valence-corrected chi connectivity index (χ1v) is 9.32. The molecule has 8 nitrogen and oxygen atoms in total. The lowest BCUT2D eigenvalue weighted by molar-refractivity contribution is -0.192. The number of amidine groups is 1. The van der Waals surface area contributed by atoms with Crippen LogP contribution in [0.15, 0.2) is 59.6 Å². The molecule has 12 heteroatoms. The van der Waals surface area contributed by atoms with E-state index in [0.717, 1.165) is 11.1 Å². The number of nitrogens with two attached hydrogens (primary N) is 2. The summed E-state index contributed by atoms with van der Waals surface area (Å²) in [4.78, 5) is 36.7. The van der Waals surface area contributed by atoms with Gasteiger partial charge < -0.3 is 21.9 Å². The lowest BCUT2D eigenvalue weighted by Gasteiger charge is -2.16. The number of halogens is 4. The molecular formula is C21H22F4N4O4. The molecule has 0 heterocycles. The lowest BCUT2D eigenvalue weighted by atomic mass is 10.0. The van der Waals surface area contributed by atoms with Gasteiger partial charge in [-0.1, -0.05) is 42.5 Å². The number of carboxylic acids is 1. The normalized spacial score (nSPS) is 12.2. The number of alkyl halides is 4. The van der Waals surface area contributed by atoms with Crippen LogP contribution in [0.3, 0.4) is 0 Å². The lowest BCUT2D eigenvalue weighted by Crippen LogP contribution is -2.45. The number of amides is 2. The fourth-order valence-electron chi connectivity index (χ4n) is 2.31. The van der Waals surface area contributed by atoms with Gasteiger partial charge >= 0.3 is 12.1 Å². The highest BCUT2D eigenvalue weighted by Gasteiger charge is 2.38. The van der Waals surface area contributed by atoms with E-state index in [2.05, 4.69) is 10.3 Å². The Labute approximate surface area is 186 Å². The predicted octanol–water partition coefficient (Wildman–Crippen LogP) is 1.97. The molecule has 6 N–H and O–H groups in total. The largest absolute Gasteiger partial charge is 0.490 e. The second-order valence-electron chi connectivity index (χ2n) is 6.56. The van der Waals surface area contributed by atoms with Crippen LogP contribution in [0.25, 0.3) is 0 Å². The Balaban J connectivity index is 0.000000675. The molecule has 0 spiro atoms. The van der Waals surface area contributed by atoms with Gasteiger partial charge in [-0.25, -0.2) is 9.18 Å². The summed E-state index contributed by atoms with van der Waals surface area (Å²) in [5, 5.41) is 9.78. The third kappa shape index (κ3) is 10.3. The molecule has 2 aromatic carbocycles. The van der Waals surface area contributed by atoms with Crippen LogP contribution in [0.1, 0.15) is 21.5 Å². The van der Waals surface area contributed by atoms with E-state index in [4.69, 9.17) is 21.4 Å². The summed E-state index contributed by atoms with van der Waals surface area (Å²) < 4.78 is 44.0. The number of primary amides is 1. The number of benzene rings is 2. The van der Waals surface area contributed by atoms with Crippen molar-refractivity contribution in [1.82, 2.24) is 5.32 Å². The van der Waals surface area contributed by atoms with Gasteiger partial charge in [0.05, 0.1) is 6.54 Å². The van der Waals surface area contributed by atoms with Crippen LogP contribution in [-0.2, 0) is 22.6 Å². The molecule has 0 radical (unpaired) electrons. The molecule has 178 valence electrons. The van der Waals surface area contributed by atoms with E-state index in [0.29, 0.717) is 5.56 Å². The molecule has 0 saturated carbocycles. The molecule has 0 saturated heterocycles. The average molecular weight is 470 g/mol. The van der Waals surface area contributed by atoms with Crippen molar-refractivity contribution < 1.29 is 37.1 Å². The van der Waals surface area contributed by atoms with E-state index < -0.39 is 30.8 Å². The van der Waals surface area contributed by atoms with E-state index in [1.165, 1.54) is 0 Å². The Bertz CT molecular complexity index is 964. The molecule has 0 aromatic heterocycles. The molecule has 0 aliphatic heterocycles. The summed E-state index contributed by atoms with van der Waals surface area (Å²) in [5.41, 5.74) is 12.9. The van der Waals surface area contributed by atoms with Gasteiger partial charge in [0, 0.05) is 12.0 Å². The van der Waals surface area contributed by atoms with Gasteiger partial charge in [-0.15, -0.1) is 0 Å². The SMILES string of the molecule is NC(=O)[C@H](Cc1ccc(CN=C(N)CF)cc1)NC(=O)c1ccccc1.O=C(O)C(F)(F)F. The zero-order valence-electron chi connectivity index (χ0n) is 17.2. The number of carbonyl (C=O) groups is 3. The second-order valence-corrected chi connectivity index (χ2v) is 6.56. The summed E-state index contributed by atoms with van der Waals surface area (Å²) in [7, 11) is 0. The number of carboxylic acid groups (broad SMARTS) is 1. The summed E-state index contributed by atoms with van der Waals surface area (Å²) in [5.74, 6) is -3.78. The fraction of sp³-hybridized carbons (Fsp3) is 0.238. The van der Waals surface area contributed by atoms with Crippen molar-refractivity contribution in [3.63, 3.8) is 0 Å². The zero-order chi connectivity index (χ0) is 25.0. The van der Waals surface area contributed by atoms with Crippen molar-refractivity contribution in [2.45, 2.75) is 25.2 Å².